The Balaban J connectivity index is 1.96. The first kappa shape index (κ1) is 8.97. The summed E-state index contributed by atoms with van der Waals surface area (Å²) in [5.74, 6) is 0.775. The molecule has 0 atom stereocenters. The molecule has 1 heterocycles. The SMILES string of the molecule is CN(C)CCN1CC(CN)C1. The number of likely N-dealkylation sites (N-methyl/N-ethyl adjacent to an activating group) is 1. The molecule has 0 unspecified atom stereocenters. The van der Waals surface area contributed by atoms with Crippen molar-refractivity contribution < 1.29 is 0 Å². The van der Waals surface area contributed by atoms with Crippen molar-refractivity contribution in [3.05, 3.63) is 0 Å². The Morgan fingerprint density at radius 3 is 2.55 bits per heavy atom. The Hall–Kier alpha value is -0.120. The van der Waals surface area contributed by atoms with E-state index in [1.165, 1.54) is 19.6 Å². The van der Waals surface area contributed by atoms with Crippen LogP contribution in [0.5, 0.6) is 0 Å². The number of nitrogens with two attached hydrogens (primary N) is 1. The van der Waals surface area contributed by atoms with Gasteiger partial charge >= 0.3 is 0 Å². The lowest BCUT2D eigenvalue weighted by molar-refractivity contribution is 0.0974. The summed E-state index contributed by atoms with van der Waals surface area (Å²) in [4.78, 5) is 4.67. The second-order valence-electron chi connectivity index (χ2n) is 3.66. The predicted octanol–water partition coefficient (Wildman–Crippen LogP) is -0.561. The zero-order valence-corrected chi connectivity index (χ0v) is 7.58. The second kappa shape index (κ2) is 4.04. The van der Waals surface area contributed by atoms with Crippen LogP contribution in [0.3, 0.4) is 0 Å². The molecule has 3 heteroatoms. The fraction of sp³-hybridized carbons (Fsp3) is 1.00. The van der Waals surface area contributed by atoms with E-state index < -0.39 is 0 Å². The second-order valence-corrected chi connectivity index (χ2v) is 3.66. The zero-order valence-electron chi connectivity index (χ0n) is 7.58. The lowest BCUT2D eigenvalue weighted by Crippen LogP contribution is -2.51. The molecule has 0 saturated carbocycles. The van der Waals surface area contributed by atoms with Crippen LogP contribution in [-0.4, -0.2) is 56.6 Å². The monoisotopic (exact) mass is 157 g/mol. The Kier molecular flexibility index (Phi) is 3.30. The number of likely N-dealkylation sites (tertiary alicyclic amines) is 1. The van der Waals surface area contributed by atoms with E-state index in [2.05, 4.69) is 23.9 Å². The molecule has 0 bridgehead atoms. The third-order valence-corrected chi connectivity index (χ3v) is 2.23. The highest BCUT2D eigenvalue weighted by molar-refractivity contribution is 4.80. The Bertz CT molecular complexity index is 108. The summed E-state index contributed by atoms with van der Waals surface area (Å²) in [6.07, 6.45) is 0. The van der Waals surface area contributed by atoms with Crippen LogP contribution >= 0.6 is 0 Å². The van der Waals surface area contributed by atoms with Gasteiger partial charge in [0.2, 0.25) is 0 Å². The van der Waals surface area contributed by atoms with Crippen LogP contribution < -0.4 is 5.73 Å². The standard InChI is InChI=1S/C8H19N3/c1-10(2)3-4-11-6-8(5-9)7-11/h8H,3-7,9H2,1-2H3. The van der Waals surface area contributed by atoms with Gasteiger partial charge in [0, 0.05) is 26.2 Å². The molecule has 0 aromatic rings. The Morgan fingerprint density at radius 1 is 1.45 bits per heavy atom. The van der Waals surface area contributed by atoms with Gasteiger partial charge in [0.25, 0.3) is 0 Å². The molecule has 3 nitrogen and oxygen atoms in total. The van der Waals surface area contributed by atoms with E-state index in [-0.39, 0.29) is 0 Å². The number of hydrogen-bond acceptors (Lipinski definition) is 3. The minimum absolute atomic E-state index is 0.775. The molecular formula is C8H19N3. The average molecular weight is 157 g/mol. The maximum absolute atomic E-state index is 5.51. The van der Waals surface area contributed by atoms with Gasteiger partial charge in [-0.05, 0) is 26.6 Å². The van der Waals surface area contributed by atoms with Crippen LogP contribution in [0.15, 0.2) is 0 Å². The highest BCUT2D eigenvalue weighted by Crippen LogP contribution is 2.12. The van der Waals surface area contributed by atoms with Gasteiger partial charge in [-0.2, -0.15) is 0 Å². The predicted molar refractivity (Wildman–Crippen MR) is 47.5 cm³/mol. The smallest absolute Gasteiger partial charge is 0.0109 e. The first-order valence-electron chi connectivity index (χ1n) is 4.29. The van der Waals surface area contributed by atoms with Gasteiger partial charge in [0.1, 0.15) is 0 Å². The number of nitrogens with zero attached hydrogens (tertiary/aromatic N) is 2. The van der Waals surface area contributed by atoms with Crippen LogP contribution in [0.4, 0.5) is 0 Å². The fourth-order valence-electron chi connectivity index (χ4n) is 1.35. The molecule has 0 radical (unpaired) electrons. The average Bonchev–Trinajstić information content (AvgIpc) is 1.84. The largest absolute Gasteiger partial charge is 0.330 e. The minimum Gasteiger partial charge on any atom is -0.330 e. The lowest BCUT2D eigenvalue weighted by Gasteiger charge is -2.39. The molecule has 0 aromatic carbocycles. The van der Waals surface area contributed by atoms with E-state index in [1.807, 2.05) is 0 Å². The normalized spacial score (nSPS) is 20.7. The van der Waals surface area contributed by atoms with E-state index in [9.17, 15) is 0 Å². The lowest BCUT2D eigenvalue weighted by atomic mass is 10.0. The first-order chi connectivity index (χ1) is 5.22. The summed E-state index contributed by atoms with van der Waals surface area (Å²) >= 11 is 0. The van der Waals surface area contributed by atoms with Gasteiger partial charge in [-0.3, -0.25) is 0 Å². The first-order valence-corrected chi connectivity index (χ1v) is 4.29. The van der Waals surface area contributed by atoms with Crippen molar-refractivity contribution in [2.45, 2.75) is 0 Å². The summed E-state index contributed by atoms with van der Waals surface area (Å²) in [7, 11) is 4.22. The topological polar surface area (TPSA) is 32.5 Å². The molecule has 0 aliphatic carbocycles. The summed E-state index contributed by atoms with van der Waals surface area (Å²) < 4.78 is 0. The Labute approximate surface area is 69.1 Å². The maximum atomic E-state index is 5.51. The summed E-state index contributed by atoms with van der Waals surface area (Å²) in [6, 6.07) is 0. The van der Waals surface area contributed by atoms with Crippen molar-refractivity contribution in [3.63, 3.8) is 0 Å². The Morgan fingerprint density at radius 2 is 2.09 bits per heavy atom. The van der Waals surface area contributed by atoms with Gasteiger partial charge < -0.3 is 15.5 Å². The highest BCUT2D eigenvalue weighted by atomic mass is 15.2. The summed E-state index contributed by atoms with van der Waals surface area (Å²) in [6.45, 7) is 5.65. The number of hydrogen-bond donors (Lipinski definition) is 1. The van der Waals surface area contributed by atoms with Crippen molar-refractivity contribution in [2.75, 3.05) is 46.8 Å². The van der Waals surface area contributed by atoms with Crippen molar-refractivity contribution in [3.8, 4) is 0 Å². The van der Waals surface area contributed by atoms with Crippen molar-refractivity contribution in [2.24, 2.45) is 11.7 Å². The fourth-order valence-corrected chi connectivity index (χ4v) is 1.35. The summed E-state index contributed by atoms with van der Waals surface area (Å²) in [5, 5.41) is 0. The van der Waals surface area contributed by atoms with E-state index >= 15 is 0 Å². The third kappa shape index (κ3) is 2.77. The van der Waals surface area contributed by atoms with Crippen LogP contribution in [0.1, 0.15) is 0 Å². The van der Waals surface area contributed by atoms with Gasteiger partial charge in [0.15, 0.2) is 0 Å². The number of rotatable bonds is 4. The van der Waals surface area contributed by atoms with E-state index in [4.69, 9.17) is 5.73 Å². The quantitative estimate of drug-likeness (QED) is 0.593. The van der Waals surface area contributed by atoms with Crippen molar-refractivity contribution >= 4 is 0 Å². The van der Waals surface area contributed by atoms with Crippen molar-refractivity contribution in [1.29, 1.82) is 0 Å². The molecule has 0 amide bonds. The van der Waals surface area contributed by atoms with Gasteiger partial charge in [-0.15, -0.1) is 0 Å². The van der Waals surface area contributed by atoms with Gasteiger partial charge in [0.05, 0.1) is 0 Å². The molecule has 1 aliphatic rings. The molecule has 1 saturated heterocycles. The molecule has 2 N–H and O–H groups in total. The molecule has 0 spiro atoms. The van der Waals surface area contributed by atoms with Gasteiger partial charge in [-0.1, -0.05) is 0 Å². The van der Waals surface area contributed by atoms with Crippen LogP contribution in [0.25, 0.3) is 0 Å². The zero-order chi connectivity index (χ0) is 8.27. The summed E-state index contributed by atoms with van der Waals surface area (Å²) in [5.41, 5.74) is 5.51. The van der Waals surface area contributed by atoms with E-state index in [1.54, 1.807) is 0 Å². The van der Waals surface area contributed by atoms with E-state index in [0.717, 1.165) is 19.0 Å². The minimum atomic E-state index is 0.775. The molecular weight excluding hydrogens is 138 g/mol. The maximum Gasteiger partial charge on any atom is 0.0109 e. The van der Waals surface area contributed by atoms with Crippen LogP contribution in [0, 0.1) is 5.92 Å². The highest BCUT2D eigenvalue weighted by Gasteiger charge is 2.24. The van der Waals surface area contributed by atoms with Gasteiger partial charge in [-0.25, -0.2) is 0 Å². The molecule has 11 heavy (non-hydrogen) atoms. The molecule has 66 valence electrons. The molecule has 1 fully saturated rings. The van der Waals surface area contributed by atoms with Crippen molar-refractivity contribution in [1.82, 2.24) is 9.80 Å². The van der Waals surface area contributed by atoms with Crippen LogP contribution in [-0.2, 0) is 0 Å². The van der Waals surface area contributed by atoms with Crippen LogP contribution in [0.2, 0.25) is 0 Å². The van der Waals surface area contributed by atoms with E-state index in [0.29, 0.717) is 0 Å². The molecule has 1 rings (SSSR count). The molecule has 0 aromatic heterocycles. The molecule has 1 aliphatic heterocycles. The third-order valence-electron chi connectivity index (χ3n) is 2.23.